The first-order chi connectivity index (χ1) is 11.9. The van der Waals surface area contributed by atoms with Gasteiger partial charge in [0.05, 0.1) is 28.8 Å². The van der Waals surface area contributed by atoms with Crippen molar-refractivity contribution in [2.45, 2.75) is 0 Å². The second-order valence-corrected chi connectivity index (χ2v) is 6.85. The molecule has 0 unspecified atom stereocenters. The zero-order valence-corrected chi connectivity index (χ0v) is 15.0. The number of carbonyl (C=O) groups is 1. The number of thiocarbonyl (C=S) groups is 1. The van der Waals surface area contributed by atoms with Crippen LogP contribution in [0.4, 0.5) is 11.6 Å². The van der Waals surface area contributed by atoms with Gasteiger partial charge in [-0.1, -0.05) is 35.6 Å². The van der Waals surface area contributed by atoms with Crippen molar-refractivity contribution in [1.82, 2.24) is 0 Å². The number of nitro groups is 1. The summed E-state index contributed by atoms with van der Waals surface area (Å²) in [7, 11) is 1.49. The van der Waals surface area contributed by atoms with Crippen LogP contribution in [-0.4, -0.2) is 22.3 Å². The molecule has 0 spiro atoms. The molecule has 0 bridgehead atoms. The van der Waals surface area contributed by atoms with Crippen LogP contribution < -0.4 is 9.64 Å². The van der Waals surface area contributed by atoms with E-state index in [0.29, 0.717) is 25.7 Å². The first-order valence-corrected chi connectivity index (χ1v) is 8.36. The van der Waals surface area contributed by atoms with E-state index in [1.54, 1.807) is 18.2 Å². The zero-order chi connectivity index (χ0) is 18.1. The Bertz CT molecular complexity index is 924. The van der Waals surface area contributed by atoms with Crippen LogP contribution in [0.1, 0.15) is 5.76 Å². The topological polar surface area (TPSA) is 85.8 Å². The number of carbonyl (C=O) groups excluding carboxylic acids is 1. The Balaban J connectivity index is 1.90. The quantitative estimate of drug-likeness (QED) is 0.330. The molecule has 2 heterocycles. The minimum Gasteiger partial charge on any atom is -0.495 e. The van der Waals surface area contributed by atoms with Crippen molar-refractivity contribution in [3.8, 4) is 5.75 Å². The lowest BCUT2D eigenvalue weighted by Crippen LogP contribution is -2.27. The number of amides is 1. The SMILES string of the molecule is COc1ccc(N2C(=O)/C(=C/c3ccc([N+](=O)[O-])o3)SC2=S)cc1Cl. The highest BCUT2D eigenvalue weighted by Gasteiger charge is 2.34. The molecule has 1 amide bonds. The molecule has 10 heteroatoms. The van der Waals surface area contributed by atoms with Gasteiger partial charge < -0.3 is 9.15 Å². The summed E-state index contributed by atoms with van der Waals surface area (Å²) in [6.45, 7) is 0. The predicted molar refractivity (Wildman–Crippen MR) is 99.0 cm³/mol. The first-order valence-electron chi connectivity index (χ1n) is 6.76. The van der Waals surface area contributed by atoms with Crippen molar-refractivity contribution in [2.75, 3.05) is 12.0 Å². The van der Waals surface area contributed by atoms with Crippen LogP contribution in [0.2, 0.25) is 5.02 Å². The number of halogens is 1. The molecular weight excluding hydrogens is 388 g/mol. The molecule has 7 nitrogen and oxygen atoms in total. The third-order valence-electron chi connectivity index (χ3n) is 3.25. The van der Waals surface area contributed by atoms with Gasteiger partial charge in [-0.25, -0.2) is 0 Å². The Hall–Kier alpha value is -2.36. The Kier molecular flexibility index (Phi) is 4.80. The maximum absolute atomic E-state index is 12.6. The minimum absolute atomic E-state index is 0.194. The van der Waals surface area contributed by atoms with Gasteiger partial charge in [0, 0.05) is 6.08 Å². The molecule has 128 valence electrons. The van der Waals surface area contributed by atoms with Crippen LogP contribution in [0.3, 0.4) is 0 Å². The van der Waals surface area contributed by atoms with Gasteiger partial charge in [-0.05, 0) is 24.3 Å². The van der Waals surface area contributed by atoms with Crippen LogP contribution >= 0.6 is 35.6 Å². The molecule has 0 aliphatic carbocycles. The third-order valence-corrected chi connectivity index (χ3v) is 4.85. The lowest BCUT2D eigenvalue weighted by molar-refractivity contribution is -0.402. The van der Waals surface area contributed by atoms with Crippen molar-refractivity contribution in [2.24, 2.45) is 0 Å². The highest BCUT2D eigenvalue weighted by molar-refractivity contribution is 8.27. The molecule has 0 N–H and O–H groups in total. The smallest absolute Gasteiger partial charge is 0.433 e. The number of rotatable bonds is 4. The molecule has 3 rings (SSSR count). The monoisotopic (exact) mass is 396 g/mol. The second kappa shape index (κ2) is 6.87. The second-order valence-electron chi connectivity index (χ2n) is 4.77. The van der Waals surface area contributed by atoms with E-state index >= 15 is 0 Å². The summed E-state index contributed by atoms with van der Waals surface area (Å²) >= 11 is 12.4. The standard InChI is InChI=1S/C15H9ClN2O5S2/c1-22-11-4-2-8(6-10(11)16)17-14(19)12(25-15(17)24)7-9-3-5-13(23-9)18(20)21/h2-7H,1H3/b12-7-. The van der Waals surface area contributed by atoms with Crippen molar-refractivity contribution in [3.05, 3.63) is 56.1 Å². The van der Waals surface area contributed by atoms with E-state index in [-0.39, 0.29) is 11.7 Å². The minimum atomic E-state index is -0.651. The summed E-state index contributed by atoms with van der Waals surface area (Å²) in [5, 5.41) is 11.0. The number of hydrogen-bond donors (Lipinski definition) is 0. The molecule has 25 heavy (non-hydrogen) atoms. The van der Waals surface area contributed by atoms with Crippen molar-refractivity contribution >= 4 is 63.5 Å². The van der Waals surface area contributed by atoms with Crippen LogP contribution in [0.15, 0.2) is 39.7 Å². The lowest BCUT2D eigenvalue weighted by Gasteiger charge is -2.15. The van der Waals surface area contributed by atoms with Gasteiger partial charge in [0.15, 0.2) is 4.32 Å². The fourth-order valence-corrected chi connectivity index (χ4v) is 3.66. The molecule has 1 fully saturated rings. The summed E-state index contributed by atoms with van der Waals surface area (Å²) in [4.78, 5) is 24.3. The van der Waals surface area contributed by atoms with E-state index in [1.165, 1.54) is 30.2 Å². The Morgan fingerprint density at radius 2 is 2.16 bits per heavy atom. The highest BCUT2D eigenvalue weighted by Crippen LogP contribution is 2.38. The van der Waals surface area contributed by atoms with Gasteiger partial charge in [-0.3, -0.25) is 19.8 Å². The molecule has 1 aliphatic rings. The van der Waals surface area contributed by atoms with Gasteiger partial charge in [-0.15, -0.1) is 0 Å². The highest BCUT2D eigenvalue weighted by atomic mass is 35.5. The molecule has 1 aromatic heterocycles. The molecule has 1 aromatic carbocycles. The Labute approximate surface area is 156 Å². The van der Waals surface area contributed by atoms with E-state index in [9.17, 15) is 14.9 Å². The Morgan fingerprint density at radius 3 is 2.76 bits per heavy atom. The van der Waals surface area contributed by atoms with Gasteiger partial charge >= 0.3 is 5.88 Å². The fraction of sp³-hybridized carbons (Fsp3) is 0.0667. The van der Waals surface area contributed by atoms with Crippen LogP contribution in [0.25, 0.3) is 6.08 Å². The van der Waals surface area contributed by atoms with Gasteiger partial charge in [0.25, 0.3) is 5.91 Å². The van der Waals surface area contributed by atoms with Gasteiger partial charge in [0.1, 0.15) is 16.4 Å². The largest absolute Gasteiger partial charge is 0.495 e. The maximum Gasteiger partial charge on any atom is 0.433 e. The van der Waals surface area contributed by atoms with Crippen molar-refractivity contribution in [1.29, 1.82) is 0 Å². The maximum atomic E-state index is 12.6. The van der Waals surface area contributed by atoms with E-state index < -0.39 is 10.8 Å². The molecule has 2 aromatic rings. The molecule has 1 saturated heterocycles. The number of ether oxygens (including phenoxy) is 1. The van der Waals surface area contributed by atoms with Crippen LogP contribution in [0.5, 0.6) is 5.75 Å². The summed E-state index contributed by atoms with van der Waals surface area (Å²) in [6, 6.07) is 7.50. The number of nitrogens with zero attached hydrogens (tertiary/aromatic N) is 2. The van der Waals surface area contributed by atoms with E-state index in [1.807, 2.05) is 0 Å². The molecule has 1 aliphatic heterocycles. The number of hydrogen-bond acceptors (Lipinski definition) is 7. The lowest BCUT2D eigenvalue weighted by atomic mass is 10.2. The predicted octanol–water partition coefficient (Wildman–Crippen LogP) is 4.26. The summed E-state index contributed by atoms with van der Waals surface area (Å²) in [5.41, 5.74) is 0.502. The van der Waals surface area contributed by atoms with Crippen LogP contribution in [0, 0.1) is 10.1 Å². The van der Waals surface area contributed by atoms with Crippen molar-refractivity contribution < 1.29 is 18.9 Å². The normalized spacial score (nSPS) is 15.9. The fourth-order valence-electron chi connectivity index (χ4n) is 2.13. The first kappa shape index (κ1) is 17.5. The molecule has 0 radical (unpaired) electrons. The molecule has 0 saturated carbocycles. The average Bonchev–Trinajstić information content (AvgIpc) is 3.13. The summed E-state index contributed by atoms with van der Waals surface area (Å²) in [5.74, 6) is -0.0896. The van der Waals surface area contributed by atoms with E-state index in [2.05, 4.69) is 0 Å². The number of benzene rings is 1. The van der Waals surface area contributed by atoms with E-state index in [0.717, 1.165) is 11.8 Å². The number of anilines is 1. The van der Waals surface area contributed by atoms with Crippen molar-refractivity contribution in [3.63, 3.8) is 0 Å². The third kappa shape index (κ3) is 3.39. The average molecular weight is 397 g/mol. The molecule has 0 atom stereocenters. The molecular formula is C15H9ClN2O5S2. The van der Waals surface area contributed by atoms with Gasteiger partial charge in [-0.2, -0.15) is 0 Å². The van der Waals surface area contributed by atoms with E-state index in [4.69, 9.17) is 33.0 Å². The number of furan rings is 1. The van der Waals surface area contributed by atoms with Gasteiger partial charge in [0.2, 0.25) is 0 Å². The number of thioether (sulfide) groups is 1. The summed E-state index contributed by atoms with van der Waals surface area (Å²) < 4.78 is 10.4. The number of methoxy groups -OCH3 is 1. The summed E-state index contributed by atoms with van der Waals surface area (Å²) in [6.07, 6.45) is 1.41. The van der Waals surface area contributed by atoms with Crippen LogP contribution in [-0.2, 0) is 4.79 Å². The zero-order valence-electron chi connectivity index (χ0n) is 12.6. The Morgan fingerprint density at radius 1 is 1.40 bits per heavy atom.